The number of nitrogens with one attached hydrogen (secondary N) is 1. The van der Waals surface area contributed by atoms with Gasteiger partial charge in [0.2, 0.25) is 0 Å². The highest BCUT2D eigenvalue weighted by atomic mass is 79.9. The van der Waals surface area contributed by atoms with Gasteiger partial charge in [0, 0.05) is 32.0 Å². The van der Waals surface area contributed by atoms with Crippen molar-refractivity contribution in [3.05, 3.63) is 63.3 Å². The van der Waals surface area contributed by atoms with Crippen LogP contribution in [0.5, 0.6) is 5.75 Å². The molecule has 0 amide bonds. The first kappa shape index (κ1) is 17.9. The van der Waals surface area contributed by atoms with Gasteiger partial charge in [-0.2, -0.15) is 0 Å². The molecule has 1 saturated heterocycles. The molecule has 0 bridgehead atoms. The van der Waals surface area contributed by atoms with Crippen LogP contribution in [0.1, 0.15) is 41.0 Å². The van der Waals surface area contributed by atoms with Crippen molar-refractivity contribution in [2.24, 2.45) is 0 Å². The van der Waals surface area contributed by atoms with E-state index in [9.17, 15) is 9.90 Å². The maximum Gasteiger partial charge on any atom is 0.195 e. The minimum atomic E-state index is -0.635. The maximum atomic E-state index is 13.3. The average molecular weight is 442 g/mol. The van der Waals surface area contributed by atoms with E-state index < -0.39 is 11.5 Å². The van der Waals surface area contributed by atoms with Crippen LogP contribution in [-0.4, -0.2) is 41.3 Å². The van der Waals surface area contributed by atoms with Gasteiger partial charge in [0.25, 0.3) is 0 Å². The Labute approximate surface area is 170 Å². The number of H-pyrrole nitrogens is 1. The number of hydrogen-bond acceptors (Lipinski definition) is 4. The zero-order valence-electron chi connectivity index (χ0n) is 15.6. The van der Waals surface area contributed by atoms with Gasteiger partial charge in [0.1, 0.15) is 18.0 Å². The number of benzene rings is 2. The van der Waals surface area contributed by atoms with Crippen LogP contribution >= 0.6 is 15.9 Å². The van der Waals surface area contributed by atoms with Crippen LogP contribution in [0.15, 0.2) is 40.9 Å². The summed E-state index contributed by atoms with van der Waals surface area (Å²) in [6.45, 7) is 4.87. The SMILES string of the molecule is CC1(C)c2cc(OC3COCC3O)ccc2C(=O)c2c1[nH]c1cc(Br)ccc21. The highest BCUT2D eigenvalue weighted by Gasteiger charge is 2.40. The molecule has 28 heavy (non-hydrogen) atoms. The number of carbonyl (C=O) groups excluding carboxylic acids is 1. The molecule has 1 aromatic heterocycles. The van der Waals surface area contributed by atoms with Gasteiger partial charge < -0.3 is 19.6 Å². The quantitative estimate of drug-likeness (QED) is 0.631. The van der Waals surface area contributed by atoms with Gasteiger partial charge >= 0.3 is 0 Å². The van der Waals surface area contributed by atoms with Gasteiger partial charge in [-0.1, -0.05) is 35.8 Å². The molecular formula is C22H20BrNO4. The third-order valence-corrected chi connectivity index (χ3v) is 6.30. The zero-order valence-corrected chi connectivity index (χ0v) is 17.2. The van der Waals surface area contributed by atoms with E-state index >= 15 is 0 Å². The van der Waals surface area contributed by atoms with E-state index in [1.165, 1.54) is 0 Å². The number of carbonyl (C=O) groups is 1. The molecule has 0 radical (unpaired) electrons. The second-order valence-corrected chi connectivity index (χ2v) is 8.90. The number of aliphatic hydroxyl groups excluding tert-OH is 1. The Morgan fingerprint density at radius 3 is 2.79 bits per heavy atom. The summed E-state index contributed by atoms with van der Waals surface area (Å²) in [5.74, 6) is 0.658. The van der Waals surface area contributed by atoms with Gasteiger partial charge in [-0.05, 0) is 35.9 Å². The first-order chi connectivity index (χ1) is 13.4. The molecule has 2 atom stereocenters. The Morgan fingerprint density at radius 2 is 2.04 bits per heavy atom. The summed E-state index contributed by atoms with van der Waals surface area (Å²) in [6.07, 6.45) is -1.02. The summed E-state index contributed by atoms with van der Waals surface area (Å²) in [6, 6.07) is 11.5. The number of ether oxygens (including phenoxy) is 2. The van der Waals surface area contributed by atoms with Crippen molar-refractivity contribution in [3.8, 4) is 5.75 Å². The fourth-order valence-electron chi connectivity index (χ4n) is 4.27. The largest absolute Gasteiger partial charge is 0.485 e. The van der Waals surface area contributed by atoms with E-state index in [4.69, 9.17) is 9.47 Å². The lowest BCUT2D eigenvalue weighted by atomic mass is 9.71. The summed E-state index contributed by atoms with van der Waals surface area (Å²) in [4.78, 5) is 16.8. The van der Waals surface area contributed by atoms with E-state index in [2.05, 4.69) is 34.8 Å². The molecule has 1 fully saturated rings. The molecule has 5 rings (SSSR count). The smallest absolute Gasteiger partial charge is 0.195 e. The van der Waals surface area contributed by atoms with Crippen molar-refractivity contribution >= 4 is 32.6 Å². The summed E-state index contributed by atoms with van der Waals surface area (Å²) >= 11 is 3.50. The van der Waals surface area contributed by atoms with Crippen molar-refractivity contribution in [2.45, 2.75) is 31.5 Å². The molecule has 2 aliphatic rings. The molecule has 2 aromatic carbocycles. The minimum Gasteiger partial charge on any atom is -0.485 e. The van der Waals surface area contributed by atoms with Crippen molar-refractivity contribution in [1.82, 2.24) is 4.98 Å². The Morgan fingerprint density at radius 1 is 1.21 bits per heavy atom. The van der Waals surface area contributed by atoms with Crippen LogP contribution in [-0.2, 0) is 10.2 Å². The molecule has 1 aliphatic carbocycles. The minimum absolute atomic E-state index is 0.0219. The Hall–Kier alpha value is -2.15. The third-order valence-electron chi connectivity index (χ3n) is 5.81. The number of ketones is 1. The Kier molecular flexibility index (Phi) is 3.95. The fraction of sp³-hybridized carbons (Fsp3) is 0.318. The van der Waals surface area contributed by atoms with Crippen LogP contribution in [0.4, 0.5) is 0 Å². The van der Waals surface area contributed by atoms with Gasteiger partial charge in [0.15, 0.2) is 5.78 Å². The highest BCUT2D eigenvalue weighted by molar-refractivity contribution is 9.10. The second-order valence-electron chi connectivity index (χ2n) is 7.99. The first-order valence-electron chi connectivity index (χ1n) is 9.29. The second kappa shape index (κ2) is 6.17. The molecule has 3 aromatic rings. The molecule has 144 valence electrons. The molecule has 2 N–H and O–H groups in total. The molecule has 0 spiro atoms. The lowest BCUT2D eigenvalue weighted by Crippen LogP contribution is -2.32. The van der Waals surface area contributed by atoms with E-state index in [-0.39, 0.29) is 18.5 Å². The Bertz CT molecular complexity index is 1120. The molecule has 2 heterocycles. The van der Waals surface area contributed by atoms with E-state index in [0.29, 0.717) is 17.9 Å². The average Bonchev–Trinajstić information content (AvgIpc) is 3.24. The molecule has 6 heteroatoms. The van der Waals surface area contributed by atoms with Crippen molar-refractivity contribution in [3.63, 3.8) is 0 Å². The molecule has 1 aliphatic heterocycles. The predicted octanol–water partition coefficient (Wildman–Crippen LogP) is 3.94. The monoisotopic (exact) mass is 441 g/mol. The number of aromatic amines is 1. The van der Waals surface area contributed by atoms with Crippen LogP contribution in [0.25, 0.3) is 10.9 Å². The molecule has 5 nitrogen and oxygen atoms in total. The number of aromatic nitrogens is 1. The molecule has 2 unspecified atom stereocenters. The summed E-state index contributed by atoms with van der Waals surface area (Å²) in [5.41, 5.74) is 3.82. The topological polar surface area (TPSA) is 71.5 Å². The Balaban J connectivity index is 1.63. The fourth-order valence-corrected chi connectivity index (χ4v) is 4.63. The van der Waals surface area contributed by atoms with Crippen LogP contribution in [0.2, 0.25) is 0 Å². The standard InChI is InChI=1S/C22H20BrNO4/c1-22(2)15-8-12(28-18-10-27-9-17(18)25)4-6-13(15)20(26)19-14-5-3-11(23)7-16(14)24-21(19)22/h3-8,17-18,24-25H,9-10H2,1-2H3. The lowest BCUT2D eigenvalue weighted by molar-refractivity contribution is 0.0732. The molecular weight excluding hydrogens is 422 g/mol. The van der Waals surface area contributed by atoms with Gasteiger partial charge in [-0.15, -0.1) is 0 Å². The van der Waals surface area contributed by atoms with Gasteiger partial charge in [-0.3, -0.25) is 4.79 Å². The highest BCUT2D eigenvalue weighted by Crippen LogP contribution is 2.45. The van der Waals surface area contributed by atoms with E-state index in [1.54, 1.807) is 6.07 Å². The summed E-state index contributed by atoms with van der Waals surface area (Å²) < 4.78 is 12.2. The normalized spacial score (nSPS) is 22.9. The number of rotatable bonds is 2. The van der Waals surface area contributed by atoms with Gasteiger partial charge in [-0.25, -0.2) is 0 Å². The zero-order chi connectivity index (χ0) is 19.6. The number of fused-ring (bicyclic) bond motifs is 4. The third kappa shape index (κ3) is 2.55. The predicted molar refractivity (Wildman–Crippen MR) is 109 cm³/mol. The number of halogens is 1. The maximum absolute atomic E-state index is 13.3. The number of hydrogen-bond donors (Lipinski definition) is 2. The van der Waals surface area contributed by atoms with Crippen molar-refractivity contribution in [2.75, 3.05) is 13.2 Å². The van der Waals surface area contributed by atoms with Crippen molar-refractivity contribution in [1.29, 1.82) is 0 Å². The summed E-state index contributed by atoms with van der Waals surface area (Å²) in [7, 11) is 0. The van der Waals surface area contributed by atoms with E-state index in [1.807, 2.05) is 30.3 Å². The number of aliphatic hydroxyl groups is 1. The van der Waals surface area contributed by atoms with Gasteiger partial charge in [0.05, 0.1) is 18.8 Å². The lowest BCUT2D eigenvalue weighted by Gasteiger charge is -2.32. The molecule has 0 saturated carbocycles. The first-order valence-corrected chi connectivity index (χ1v) is 10.1. The van der Waals surface area contributed by atoms with Crippen LogP contribution in [0, 0.1) is 0 Å². The van der Waals surface area contributed by atoms with E-state index in [0.717, 1.165) is 32.2 Å². The summed E-state index contributed by atoms with van der Waals surface area (Å²) in [5, 5.41) is 10.9. The van der Waals surface area contributed by atoms with Crippen LogP contribution in [0.3, 0.4) is 0 Å². The van der Waals surface area contributed by atoms with Crippen molar-refractivity contribution < 1.29 is 19.4 Å². The van der Waals surface area contributed by atoms with Crippen LogP contribution < -0.4 is 4.74 Å².